The Kier molecular flexibility index (Phi) is 4.08. The van der Waals surface area contributed by atoms with E-state index in [4.69, 9.17) is 17.3 Å². The lowest BCUT2D eigenvalue weighted by Gasteiger charge is -2.24. The van der Waals surface area contributed by atoms with Crippen molar-refractivity contribution in [2.24, 2.45) is 11.7 Å². The van der Waals surface area contributed by atoms with E-state index in [0.29, 0.717) is 19.5 Å². The Hall–Kier alpha value is -0.780. The Labute approximate surface area is 115 Å². The molecule has 0 aromatic heterocycles. The summed E-state index contributed by atoms with van der Waals surface area (Å²) in [5, 5.41) is 0.171. The molecule has 1 heterocycles. The standard InChI is InChI=1S/C13H16ClF3N2/c1-19-7-8(6-18)5-11(19)12-9(13(15,16)17)3-2-4-10(12)14/h2-4,8,11H,5-7,18H2,1H3. The largest absolute Gasteiger partial charge is 0.416 e. The van der Waals surface area contributed by atoms with Gasteiger partial charge in [-0.1, -0.05) is 17.7 Å². The lowest BCUT2D eigenvalue weighted by molar-refractivity contribution is -0.138. The number of alkyl halides is 3. The molecule has 2 rings (SSSR count). The molecule has 6 heteroatoms. The van der Waals surface area contributed by atoms with E-state index in [2.05, 4.69) is 0 Å². The van der Waals surface area contributed by atoms with Crippen LogP contribution in [-0.4, -0.2) is 25.0 Å². The Bertz CT molecular complexity index is 462. The van der Waals surface area contributed by atoms with Crippen molar-refractivity contribution in [1.29, 1.82) is 0 Å². The van der Waals surface area contributed by atoms with Crippen molar-refractivity contribution in [3.05, 3.63) is 34.3 Å². The molecule has 2 N–H and O–H groups in total. The van der Waals surface area contributed by atoms with Crippen LogP contribution in [-0.2, 0) is 6.18 Å². The normalized spacial score (nSPS) is 24.9. The zero-order chi connectivity index (χ0) is 14.2. The van der Waals surface area contributed by atoms with Gasteiger partial charge in [0.1, 0.15) is 0 Å². The Morgan fingerprint density at radius 3 is 2.63 bits per heavy atom. The van der Waals surface area contributed by atoms with E-state index in [1.165, 1.54) is 12.1 Å². The molecule has 1 aliphatic rings. The number of rotatable bonds is 2. The summed E-state index contributed by atoms with van der Waals surface area (Å²) in [6.07, 6.45) is -3.78. The predicted molar refractivity (Wildman–Crippen MR) is 69.0 cm³/mol. The average Bonchev–Trinajstić information content (AvgIpc) is 2.69. The van der Waals surface area contributed by atoms with Crippen molar-refractivity contribution in [3.8, 4) is 0 Å². The molecule has 0 radical (unpaired) electrons. The van der Waals surface area contributed by atoms with E-state index >= 15 is 0 Å². The van der Waals surface area contributed by atoms with Gasteiger partial charge in [-0.2, -0.15) is 13.2 Å². The Morgan fingerprint density at radius 1 is 1.42 bits per heavy atom. The first kappa shape index (κ1) is 14.6. The van der Waals surface area contributed by atoms with Crippen LogP contribution in [0.1, 0.15) is 23.6 Å². The predicted octanol–water partition coefficient (Wildman–Crippen LogP) is 3.31. The van der Waals surface area contributed by atoms with Crippen LogP contribution in [0.15, 0.2) is 18.2 Å². The summed E-state index contributed by atoms with van der Waals surface area (Å²) in [6.45, 7) is 1.18. The molecule has 0 aliphatic carbocycles. The van der Waals surface area contributed by atoms with Crippen molar-refractivity contribution >= 4 is 11.6 Å². The molecule has 1 saturated heterocycles. The fraction of sp³-hybridized carbons (Fsp3) is 0.538. The van der Waals surface area contributed by atoms with Crippen molar-refractivity contribution < 1.29 is 13.2 Å². The fourth-order valence-electron chi connectivity index (χ4n) is 2.74. The number of nitrogens with zero attached hydrogens (tertiary/aromatic N) is 1. The summed E-state index contributed by atoms with van der Waals surface area (Å²) in [5.74, 6) is 0.215. The third-order valence-electron chi connectivity index (χ3n) is 3.66. The van der Waals surface area contributed by atoms with Gasteiger partial charge in [-0.15, -0.1) is 0 Å². The molecule has 2 atom stereocenters. The van der Waals surface area contributed by atoms with Crippen LogP contribution in [0.3, 0.4) is 0 Å². The molecule has 19 heavy (non-hydrogen) atoms. The van der Waals surface area contributed by atoms with Crippen LogP contribution in [0.2, 0.25) is 5.02 Å². The maximum atomic E-state index is 13.1. The molecule has 0 amide bonds. The van der Waals surface area contributed by atoms with E-state index in [1.807, 2.05) is 11.9 Å². The molecular weight excluding hydrogens is 277 g/mol. The highest BCUT2D eigenvalue weighted by Gasteiger charge is 2.40. The van der Waals surface area contributed by atoms with Crippen LogP contribution in [0.5, 0.6) is 0 Å². The quantitative estimate of drug-likeness (QED) is 0.906. The maximum Gasteiger partial charge on any atom is 0.416 e. The van der Waals surface area contributed by atoms with Gasteiger partial charge in [0.25, 0.3) is 0 Å². The minimum atomic E-state index is -4.39. The first-order valence-corrected chi connectivity index (χ1v) is 6.48. The maximum absolute atomic E-state index is 13.1. The summed E-state index contributed by atoms with van der Waals surface area (Å²) in [4.78, 5) is 1.90. The molecule has 1 aromatic carbocycles. The van der Waals surface area contributed by atoms with Crippen molar-refractivity contribution in [2.45, 2.75) is 18.6 Å². The molecule has 1 aromatic rings. The van der Waals surface area contributed by atoms with Crippen molar-refractivity contribution in [2.75, 3.05) is 20.1 Å². The average molecular weight is 293 g/mol. The molecule has 1 fully saturated rings. The molecule has 0 spiro atoms. The number of benzene rings is 1. The molecule has 2 nitrogen and oxygen atoms in total. The first-order chi connectivity index (χ1) is 8.84. The highest BCUT2D eigenvalue weighted by molar-refractivity contribution is 6.31. The third-order valence-corrected chi connectivity index (χ3v) is 3.99. The monoisotopic (exact) mass is 292 g/mol. The Morgan fingerprint density at radius 2 is 2.11 bits per heavy atom. The van der Waals surface area contributed by atoms with Gasteiger partial charge in [0.15, 0.2) is 0 Å². The van der Waals surface area contributed by atoms with Crippen LogP contribution >= 0.6 is 11.6 Å². The van der Waals surface area contributed by atoms with E-state index in [9.17, 15) is 13.2 Å². The highest BCUT2D eigenvalue weighted by Crippen LogP contribution is 2.43. The summed E-state index contributed by atoms with van der Waals surface area (Å²) >= 11 is 6.01. The Balaban J connectivity index is 2.45. The molecule has 106 valence electrons. The van der Waals surface area contributed by atoms with E-state index in [0.717, 1.165) is 6.07 Å². The van der Waals surface area contributed by atoms with Gasteiger partial charge >= 0.3 is 6.18 Å². The lowest BCUT2D eigenvalue weighted by Crippen LogP contribution is -2.22. The topological polar surface area (TPSA) is 29.3 Å². The zero-order valence-corrected chi connectivity index (χ0v) is 11.3. The van der Waals surface area contributed by atoms with Gasteiger partial charge in [0.05, 0.1) is 5.56 Å². The van der Waals surface area contributed by atoms with E-state index < -0.39 is 11.7 Å². The van der Waals surface area contributed by atoms with Crippen LogP contribution in [0, 0.1) is 5.92 Å². The van der Waals surface area contributed by atoms with Crippen LogP contribution < -0.4 is 5.73 Å². The number of likely N-dealkylation sites (tertiary alicyclic amines) is 1. The van der Waals surface area contributed by atoms with Gasteiger partial charge in [0.2, 0.25) is 0 Å². The molecule has 0 bridgehead atoms. The summed E-state index contributed by atoms with van der Waals surface area (Å²) in [6, 6.07) is 3.61. The fourth-order valence-corrected chi connectivity index (χ4v) is 3.04. The highest BCUT2D eigenvalue weighted by atomic mass is 35.5. The van der Waals surface area contributed by atoms with Gasteiger partial charge in [-0.25, -0.2) is 0 Å². The molecule has 2 unspecified atom stereocenters. The SMILES string of the molecule is CN1CC(CN)CC1c1c(Cl)cccc1C(F)(F)F. The smallest absolute Gasteiger partial charge is 0.330 e. The molecular formula is C13H16ClF3N2. The lowest BCUT2D eigenvalue weighted by atomic mass is 9.95. The summed E-state index contributed by atoms with van der Waals surface area (Å²) < 4.78 is 39.3. The number of nitrogens with two attached hydrogens (primary N) is 1. The second kappa shape index (κ2) is 5.31. The number of hydrogen-bond donors (Lipinski definition) is 1. The van der Waals surface area contributed by atoms with Gasteiger partial charge in [-0.3, -0.25) is 4.90 Å². The number of halogens is 4. The van der Waals surface area contributed by atoms with Crippen LogP contribution in [0.25, 0.3) is 0 Å². The van der Waals surface area contributed by atoms with E-state index in [-0.39, 0.29) is 22.5 Å². The molecule has 1 aliphatic heterocycles. The minimum absolute atomic E-state index is 0.171. The second-order valence-corrected chi connectivity index (χ2v) is 5.40. The van der Waals surface area contributed by atoms with E-state index in [1.54, 1.807) is 0 Å². The zero-order valence-electron chi connectivity index (χ0n) is 10.5. The summed E-state index contributed by atoms with van der Waals surface area (Å²) in [7, 11) is 1.81. The van der Waals surface area contributed by atoms with Crippen LogP contribution in [0.4, 0.5) is 13.2 Å². The van der Waals surface area contributed by atoms with Gasteiger partial charge < -0.3 is 5.73 Å². The minimum Gasteiger partial charge on any atom is -0.330 e. The second-order valence-electron chi connectivity index (χ2n) is 4.99. The van der Waals surface area contributed by atoms with Crippen molar-refractivity contribution in [1.82, 2.24) is 4.90 Å². The molecule has 0 saturated carbocycles. The third kappa shape index (κ3) is 2.88. The van der Waals surface area contributed by atoms with Gasteiger partial charge in [-0.05, 0) is 38.1 Å². The van der Waals surface area contributed by atoms with Crippen molar-refractivity contribution in [3.63, 3.8) is 0 Å². The first-order valence-electron chi connectivity index (χ1n) is 6.10. The number of hydrogen-bond acceptors (Lipinski definition) is 2. The van der Waals surface area contributed by atoms with Gasteiger partial charge in [0, 0.05) is 23.2 Å². The summed E-state index contributed by atoms with van der Waals surface area (Å²) in [5.41, 5.74) is 5.15.